The average Bonchev–Trinajstić information content (AvgIpc) is 2.28. The molecular formula is C13H14O4. The van der Waals surface area contributed by atoms with E-state index in [0.717, 1.165) is 5.57 Å². The molecule has 1 aromatic carbocycles. The molecule has 0 heterocycles. The van der Waals surface area contributed by atoms with Gasteiger partial charge in [-0.2, -0.15) is 0 Å². The normalized spacial score (nSPS) is 9.24. The molecule has 0 atom stereocenters. The maximum Gasteiger partial charge on any atom is 0.328 e. The topological polar surface area (TPSA) is 74.6 Å². The van der Waals surface area contributed by atoms with E-state index < -0.39 is 11.9 Å². The second-order valence-electron chi connectivity index (χ2n) is 3.16. The number of aliphatic carboxylic acids is 2. The number of hydrogen-bond acceptors (Lipinski definition) is 2. The molecule has 1 rings (SSSR count). The van der Waals surface area contributed by atoms with Crippen LogP contribution < -0.4 is 0 Å². The zero-order valence-electron chi connectivity index (χ0n) is 9.46. The van der Waals surface area contributed by atoms with Crippen LogP contribution in [-0.4, -0.2) is 22.2 Å². The van der Waals surface area contributed by atoms with Gasteiger partial charge in [0.1, 0.15) is 0 Å². The summed E-state index contributed by atoms with van der Waals surface area (Å²) in [5.74, 6) is -2.51. The van der Waals surface area contributed by atoms with E-state index in [1.54, 1.807) is 0 Å². The summed E-state index contributed by atoms with van der Waals surface area (Å²) in [6.45, 7) is 5.83. The molecule has 17 heavy (non-hydrogen) atoms. The summed E-state index contributed by atoms with van der Waals surface area (Å²) in [5.41, 5.74) is 2.34. The van der Waals surface area contributed by atoms with Gasteiger partial charge in [0.2, 0.25) is 0 Å². The van der Waals surface area contributed by atoms with Crippen LogP contribution in [0.15, 0.2) is 49.1 Å². The van der Waals surface area contributed by atoms with Gasteiger partial charge in [-0.25, -0.2) is 9.59 Å². The van der Waals surface area contributed by atoms with E-state index in [-0.39, 0.29) is 0 Å². The minimum absolute atomic E-state index is 0.558. The van der Waals surface area contributed by atoms with Gasteiger partial charge in [0.05, 0.1) is 0 Å². The van der Waals surface area contributed by atoms with Crippen LogP contribution in [-0.2, 0) is 9.59 Å². The minimum atomic E-state index is -1.26. The van der Waals surface area contributed by atoms with Crippen molar-refractivity contribution < 1.29 is 19.8 Å². The molecule has 0 aromatic heterocycles. The average molecular weight is 234 g/mol. The summed E-state index contributed by atoms with van der Waals surface area (Å²) >= 11 is 0. The van der Waals surface area contributed by atoms with E-state index in [0.29, 0.717) is 12.2 Å². The molecule has 0 bridgehead atoms. The van der Waals surface area contributed by atoms with Gasteiger partial charge in [-0.1, -0.05) is 42.5 Å². The van der Waals surface area contributed by atoms with E-state index in [4.69, 9.17) is 10.2 Å². The first kappa shape index (κ1) is 14.6. The van der Waals surface area contributed by atoms with Crippen molar-refractivity contribution in [2.24, 2.45) is 0 Å². The second kappa shape index (κ2) is 7.87. The summed E-state index contributed by atoms with van der Waals surface area (Å²) in [7, 11) is 0. The van der Waals surface area contributed by atoms with Gasteiger partial charge in [-0.3, -0.25) is 0 Å². The summed E-state index contributed by atoms with van der Waals surface area (Å²) in [4.78, 5) is 19.1. The Morgan fingerprint density at radius 1 is 1.06 bits per heavy atom. The molecule has 0 aliphatic carbocycles. The molecular weight excluding hydrogens is 220 g/mol. The van der Waals surface area contributed by atoms with Crippen LogP contribution in [0.25, 0.3) is 5.57 Å². The van der Waals surface area contributed by atoms with E-state index in [9.17, 15) is 9.59 Å². The maximum atomic E-state index is 9.55. The van der Waals surface area contributed by atoms with Crippen molar-refractivity contribution in [3.05, 3.63) is 54.6 Å². The Hall–Kier alpha value is -2.36. The summed E-state index contributed by atoms with van der Waals surface area (Å²) < 4.78 is 0. The summed E-state index contributed by atoms with van der Waals surface area (Å²) in [6.07, 6.45) is 1.12. The van der Waals surface area contributed by atoms with Gasteiger partial charge in [0.15, 0.2) is 0 Å². The van der Waals surface area contributed by atoms with Crippen LogP contribution in [0.2, 0.25) is 0 Å². The maximum absolute atomic E-state index is 9.55. The Morgan fingerprint density at radius 2 is 1.47 bits per heavy atom. The fraction of sp³-hybridized carbons (Fsp3) is 0.0769. The molecule has 0 unspecified atom stereocenters. The Labute approximate surface area is 99.5 Å². The number of rotatable bonds is 3. The minimum Gasteiger partial charge on any atom is -0.478 e. The van der Waals surface area contributed by atoms with Crippen molar-refractivity contribution >= 4 is 17.5 Å². The standard InChI is InChI=1S/C9H10.C4H4O4/c1-8(2)9-6-4-3-5-7-9;5-3(6)1-2-4(7)8/h3-7H,1H2,2H3;1-2H,(H,5,6)(H,7,8)/b;2-1-. The highest BCUT2D eigenvalue weighted by Gasteiger charge is 1.88. The number of allylic oxidation sites excluding steroid dienone is 1. The molecule has 90 valence electrons. The van der Waals surface area contributed by atoms with Crippen LogP contribution >= 0.6 is 0 Å². The molecule has 0 radical (unpaired) electrons. The molecule has 4 heteroatoms. The number of benzene rings is 1. The monoisotopic (exact) mass is 234 g/mol. The van der Waals surface area contributed by atoms with Crippen LogP contribution in [0.5, 0.6) is 0 Å². The Bertz CT molecular complexity index is 402. The third-order valence-electron chi connectivity index (χ3n) is 1.64. The Balaban J connectivity index is 0.000000304. The van der Waals surface area contributed by atoms with Gasteiger partial charge in [0, 0.05) is 12.2 Å². The molecule has 0 saturated heterocycles. The lowest BCUT2D eigenvalue weighted by Crippen LogP contribution is -1.91. The Morgan fingerprint density at radius 3 is 1.71 bits per heavy atom. The third-order valence-corrected chi connectivity index (χ3v) is 1.64. The van der Waals surface area contributed by atoms with E-state index in [2.05, 4.69) is 18.7 Å². The largest absolute Gasteiger partial charge is 0.478 e. The van der Waals surface area contributed by atoms with Crippen molar-refractivity contribution in [1.82, 2.24) is 0 Å². The zero-order valence-corrected chi connectivity index (χ0v) is 9.46. The van der Waals surface area contributed by atoms with Gasteiger partial charge in [-0.15, -0.1) is 0 Å². The highest BCUT2D eigenvalue weighted by Crippen LogP contribution is 2.08. The molecule has 0 spiro atoms. The predicted octanol–water partition coefficient (Wildman–Crippen LogP) is 2.43. The summed E-state index contributed by atoms with van der Waals surface area (Å²) in [5, 5.41) is 15.6. The van der Waals surface area contributed by atoms with Crippen LogP contribution in [0, 0.1) is 0 Å². The molecule has 0 saturated carbocycles. The number of carboxylic acid groups (broad SMARTS) is 2. The first-order valence-electron chi connectivity index (χ1n) is 4.78. The predicted molar refractivity (Wildman–Crippen MR) is 65.6 cm³/mol. The number of carboxylic acids is 2. The van der Waals surface area contributed by atoms with Crippen molar-refractivity contribution in [2.75, 3.05) is 0 Å². The first-order chi connectivity index (χ1) is 7.93. The molecule has 0 amide bonds. The summed E-state index contributed by atoms with van der Waals surface area (Å²) in [6, 6.07) is 10.2. The Kier molecular flexibility index (Phi) is 6.78. The van der Waals surface area contributed by atoms with Crippen LogP contribution in [0.1, 0.15) is 12.5 Å². The van der Waals surface area contributed by atoms with Crippen molar-refractivity contribution in [2.45, 2.75) is 6.92 Å². The second-order valence-corrected chi connectivity index (χ2v) is 3.16. The van der Waals surface area contributed by atoms with Crippen LogP contribution in [0.4, 0.5) is 0 Å². The fourth-order valence-corrected chi connectivity index (χ4v) is 0.865. The molecule has 0 fully saturated rings. The van der Waals surface area contributed by atoms with E-state index >= 15 is 0 Å². The quantitative estimate of drug-likeness (QED) is 0.787. The van der Waals surface area contributed by atoms with E-state index in [1.807, 2.05) is 25.1 Å². The van der Waals surface area contributed by atoms with Crippen molar-refractivity contribution in [3.63, 3.8) is 0 Å². The molecule has 1 aromatic rings. The number of carbonyl (C=O) groups is 2. The van der Waals surface area contributed by atoms with Gasteiger partial charge in [-0.05, 0) is 12.5 Å². The first-order valence-corrected chi connectivity index (χ1v) is 4.78. The smallest absolute Gasteiger partial charge is 0.328 e. The van der Waals surface area contributed by atoms with Crippen molar-refractivity contribution in [1.29, 1.82) is 0 Å². The third kappa shape index (κ3) is 8.62. The lowest BCUT2D eigenvalue weighted by Gasteiger charge is -1.94. The molecule has 0 aliphatic rings. The zero-order chi connectivity index (χ0) is 13.3. The van der Waals surface area contributed by atoms with Crippen molar-refractivity contribution in [3.8, 4) is 0 Å². The molecule has 2 N–H and O–H groups in total. The van der Waals surface area contributed by atoms with Gasteiger partial charge in [0.25, 0.3) is 0 Å². The lowest BCUT2D eigenvalue weighted by atomic mass is 10.1. The number of hydrogen-bond donors (Lipinski definition) is 2. The molecule has 0 aliphatic heterocycles. The van der Waals surface area contributed by atoms with Crippen LogP contribution in [0.3, 0.4) is 0 Å². The highest BCUT2D eigenvalue weighted by molar-refractivity contribution is 5.89. The van der Waals surface area contributed by atoms with Gasteiger partial charge < -0.3 is 10.2 Å². The molecule has 4 nitrogen and oxygen atoms in total. The highest BCUT2D eigenvalue weighted by atomic mass is 16.4. The lowest BCUT2D eigenvalue weighted by molar-refractivity contribution is -0.134. The fourth-order valence-electron chi connectivity index (χ4n) is 0.865. The van der Waals surface area contributed by atoms with E-state index in [1.165, 1.54) is 5.56 Å². The SMILES string of the molecule is C=C(C)c1ccccc1.O=C(O)/C=C\C(=O)O. The van der Waals surface area contributed by atoms with Gasteiger partial charge >= 0.3 is 11.9 Å².